The predicted molar refractivity (Wildman–Crippen MR) is 102 cm³/mol. The lowest BCUT2D eigenvalue weighted by Crippen LogP contribution is -2.35. The highest BCUT2D eigenvalue weighted by molar-refractivity contribution is 8.26. The van der Waals surface area contributed by atoms with Crippen molar-refractivity contribution in [3.05, 3.63) is 40.3 Å². The third kappa shape index (κ3) is 4.68. The second kappa shape index (κ2) is 7.94. The Kier molecular flexibility index (Phi) is 6.18. The number of benzene rings is 1. The van der Waals surface area contributed by atoms with E-state index in [1.807, 2.05) is 12.1 Å². The van der Waals surface area contributed by atoms with Crippen molar-refractivity contribution in [2.45, 2.75) is 39.7 Å². The van der Waals surface area contributed by atoms with Gasteiger partial charge in [-0.3, -0.25) is 14.5 Å². The summed E-state index contributed by atoms with van der Waals surface area (Å²) in [4.78, 5) is 26.0. The van der Waals surface area contributed by atoms with E-state index in [1.165, 1.54) is 22.2 Å². The molecule has 6 heteroatoms. The highest BCUT2D eigenvalue weighted by Crippen LogP contribution is 2.32. The monoisotopic (exact) mass is 363 g/mol. The molecule has 0 aromatic heterocycles. The van der Waals surface area contributed by atoms with Crippen molar-refractivity contribution < 1.29 is 14.3 Å². The van der Waals surface area contributed by atoms with Gasteiger partial charge in [0.2, 0.25) is 0 Å². The van der Waals surface area contributed by atoms with Gasteiger partial charge in [0.1, 0.15) is 10.9 Å². The molecule has 0 aliphatic carbocycles. The molecule has 1 aromatic carbocycles. The summed E-state index contributed by atoms with van der Waals surface area (Å²) < 4.78 is 5.46. The summed E-state index contributed by atoms with van der Waals surface area (Å²) in [5, 5.41) is 0. The summed E-state index contributed by atoms with van der Waals surface area (Å²) in [5.74, 6) is -0.244. The maximum absolute atomic E-state index is 12.5. The molecule has 1 aliphatic heterocycles. The van der Waals surface area contributed by atoms with Crippen LogP contribution in [0.15, 0.2) is 29.2 Å². The fraction of sp³-hybridized carbons (Fsp3) is 0.389. The standard InChI is InChI=1S/C18H21NO3S2/c1-11(2)14-7-5-13(6-8-14)9-15-17(21)19(18(23)24-15)10-16(20)22-12(3)4/h5-9,11-12H,10H2,1-4H3/b15-9+. The summed E-state index contributed by atoms with van der Waals surface area (Å²) >= 11 is 6.43. The Morgan fingerprint density at radius 3 is 2.42 bits per heavy atom. The number of rotatable bonds is 5. The van der Waals surface area contributed by atoms with Crippen LogP contribution in [0.5, 0.6) is 0 Å². The predicted octanol–water partition coefficient (Wildman–Crippen LogP) is 3.96. The van der Waals surface area contributed by atoms with Gasteiger partial charge in [-0.2, -0.15) is 0 Å². The molecule has 0 spiro atoms. The zero-order valence-corrected chi connectivity index (χ0v) is 15.9. The van der Waals surface area contributed by atoms with E-state index < -0.39 is 5.97 Å². The first-order valence-electron chi connectivity index (χ1n) is 7.82. The lowest BCUT2D eigenvalue weighted by Gasteiger charge is -2.14. The fourth-order valence-corrected chi connectivity index (χ4v) is 3.45. The number of esters is 1. The molecule has 0 bridgehead atoms. The first kappa shape index (κ1) is 18.7. The number of carbonyl (C=O) groups excluding carboxylic acids is 2. The van der Waals surface area contributed by atoms with Crippen LogP contribution in [-0.4, -0.2) is 33.7 Å². The fourth-order valence-electron chi connectivity index (χ4n) is 2.19. The molecule has 1 fully saturated rings. The van der Waals surface area contributed by atoms with Crippen LogP contribution in [0.2, 0.25) is 0 Å². The molecule has 0 saturated carbocycles. The Morgan fingerprint density at radius 1 is 1.25 bits per heavy atom. The molecule has 1 saturated heterocycles. The van der Waals surface area contributed by atoms with Crippen molar-refractivity contribution in [3.63, 3.8) is 0 Å². The van der Waals surface area contributed by atoms with Crippen molar-refractivity contribution in [1.82, 2.24) is 4.90 Å². The number of thioether (sulfide) groups is 1. The maximum atomic E-state index is 12.5. The molecular weight excluding hydrogens is 342 g/mol. The van der Waals surface area contributed by atoms with Crippen LogP contribution in [0, 0.1) is 0 Å². The average Bonchev–Trinajstić information content (AvgIpc) is 2.74. The average molecular weight is 364 g/mol. The number of hydrogen-bond acceptors (Lipinski definition) is 5. The molecule has 0 N–H and O–H groups in total. The summed E-state index contributed by atoms with van der Waals surface area (Å²) in [6.07, 6.45) is 1.59. The zero-order chi connectivity index (χ0) is 17.9. The van der Waals surface area contributed by atoms with Crippen molar-refractivity contribution in [1.29, 1.82) is 0 Å². The van der Waals surface area contributed by atoms with Gasteiger partial charge in [-0.1, -0.05) is 62.1 Å². The number of thiocarbonyl (C=S) groups is 1. The van der Waals surface area contributed by atoms with E-state index >= 15 is 0 Å². The lowest BCUT2D eigenvalue weighted by atomic mass is 10.0. The first-order chi connectivity index (χ1) is 11.3. The summed E-state index contributed by atoms with van der Waals surface area (Å²) in [6, 6.07) is 8.07. The van der Waals surface area contributed by atoms with E-state index in [4.69, 9.17) is 17.0 Å². The Morgan fingerprint density at radius 2 is 1.88 bits per heavy atom. The van der Waals surface area contributed by atoms with E-state index in [2.05, 4.69) is 26.0 Å². The maximum Gasteiger partial charge on any atom is 0.326 e. The van der Waals surface area contributed by atoms with Crippen molar-refractivity contribution in [2.24, 2.45) is 0 Å². The summed E-state index contributed by atoms with van der Waals surface area (Å²) in [6.45, 7) is 7.66. The Labute approximate surface area is 152 Å². The minimum atomic E-state index is -0.455. The number of nitrogens with zero attached hydrogens (tertiary/aromatic N) is 1. The summed E-state index contributed by atoms with van der Waals surface area (Å²) in [7, 11) is 0. The van der Waals surface area contributed by atoms with Gasteiger partial charge in [0.05, 0.1) is 11.0 Å². The molecule has 0 atom stereocenters. The van der Waals surface area contributed by atoms with Crippen molar-refractivity contribution >= 4 is 46.3 Å². The molecule has 128 valence electrons. The minimum Gasteiger partial charge on any atom is -0.462 e. The highest BCUT2D eigenvalue weighted by Gasteiger charge is 2.33. The van der Waals surface area contributed by atoms with Gasteiger partial charge in [0.15, 0.2) is 0 Å². The molecule has 1 amide bonds. The van der Waals surface area contributed by atoms with Crippen LogP contribution in [0.25, 0.3) is 6.08 Å². The van der Waals surface area contributed by atoms with Crippen LogP contribution in [0.3, 0.4) is 0 Å². The van der Waals surface area contributed by atoms with Gasteiger partial charge in [0, 0.05) is 0 Å². The SMILES string of the molecule is CC(C)OC(=O)CN1C(=O)/C(=C\c2ccc(C(C)C)cc2)SC1=S. The van der Waals surface area contributed by atoms with Crippen molar-refractivity contribution in [3.8, 4) is 0 Å². The molecule has 1 heterocycles. The molecule has 24 heavy (non-hydrogen) atoms. The van der Waals surface area contributed by atoms with E-state index in [0.717, 1.165) is 5.56 Å². The van der Waals surface area contributed by atoms with E-state index in [-0.39, 0.29) is 18.6 Å². The van der Waals surface area contributed by atoms with Gasteiger partial charge in [-0.15, -0.1) is 0 Å². The van der Waals surface area contributed by atoms with Crippen LogP contribution in [0.1, 0.15) is 44.7 Å². The number of ether oxygens (including phenoxy) is 1. The van der Waals surface area contributed by atoms with E-state index in [9.17, 15) is 9.59 Å². The van der Waals surface area contributed by atoms with E-state index in [1.54, 1.807) is 19.9 Å². The van der Waals surface area contributed by atoms with Crippen LogP contribution >= 0.6 is 24.0 Å². The van der Waals surface area contributed by atoms with Crippen LogP contribution in [0.4, 0.5) is 0 Å². The third-order valence-corrected chi connectivity index (χ3v) is 4.81. The lowest BCUT2D eigenvalue weighted by molar-refractivity contribution is -0.149. The second-order valence-electron chi connectivity index (χ2n) is 6.13. The second-order valence-corrected chi connectivity index (χ2v) is 7.80. The molecule has 4 nitrogen and oxygen atoms in total. The van der Waals surface area contributed by atoms with Gasteiger partial charge < -0.3 is 4.74 Å². The molecule has 1 aliphatic rings. The zero-order valence-electron chi connectivity index (χ0n) is 14.2. The smallest absolute Gasteiger partial charge is 0.326 e. The Bertz CT molecular complexity index is 678. The topological polar surface area (TPSA) is 46.6 Å². The van der Waals surface area contributed by atoms with Gasteiger partial charge in [0.25, 0.3) is 5.91 Å². The number of amides is 1. The van der Waals surface area contributed by atoms with Crippen LogP contribution < -0.4 is 0 Å². The molecular formula is C18H21NO3S2. The third-order valence-electron chi connectivity index (χ3n) is 3.43. The largest absolute Gasteiger partial charge is 0.462 e. The number of hydrogen-bond donors (Lipinski definition) is 0. The Hall–Kier alpha value is -1.66. The molecule has 1 aromatic rings. The molecule has 2 rings (SSSR count). The van der Waals surface area contributed by atoms with Crippen molar-refractivity contribution in [2.75, 3.05) is 6.54 Å². The summed E-state index contributed by atoms with van der Waals surface area (Å²) in [5.41, 5.74) is 2.18. The van der Waals surface area contributed by atoms with Gasteiger partial charge in [-0.25, -0.2) is 0 Å². The van der Waals surface area contributed by atoms with E-state index in [0.29, 0.717) is 15.1 Å². The van der Waals surface area contributed by atoms with Gasteiger partial charge in [-0.05, 0) is 37.0 Å². The van der Waals surface area contributed by atoms with Gasteiger partial charge >= 0.3 is 5.97 Å². The minimum absolute atomic E-state index is 0.146. The quantitative estimate of drug-likeness (QED) is 0.450. The molecule has 0 radical (unpaired) electrons. The van der Waals surface area contributed by atoms with Crippen LogP contribution in [-0.2, 0) is 14.3 Å². The highest BCUT2D eigenvalue weighted by atomic mass is 32.2. The Balaban J connectivity index is 2.11. The first-order valence-corrected chi connectivity index (χ1v) is 9.05. The normalized spacial score (nSPS) is 16.6. The molecule has 0 unspecified atom stereocenters. The number of carbonyl (C=O) groups is 2.